The number of benzene rings is 2. The van der Waals surface area contributed by atoms with Crippen LogP contribution in [0.25, 0.3) is 0 Å². The van der Waals surface area contributed by atoms with Gasteiger partial charge < -0.3 is 10.6 Å². The number of thioether (sulfide) groups is 1. The summed E-state index contributed by atoms with van der Waals surface area (Å²) >= 11 is 3.66. The normalized spacial score (nSPS) is 10.1. The van der Waals surface area contributed by atoms with Crippen LogP contribution in [0.2, 0.25) is 0 Å². The van der Waals surface area contributed by atoms with E-state index in [4.69, 9.17) is 0 Å². The number of nitrogens with one attached hydrogen (secondary N) is 2. The first kappa shape index (κ1) is 16.8. The van der Waals surface area contributed by atoms with Gasteiger partial charge in [0.2, 0.25) is 11.8 Å². The molecular weight excluding hydrogens is 411 g/mol. The van der Waals surface area contributed by atoms with Crippen molar-refractivity contribution in [2.75, 3.05) is 16.4 Å². The van der Waals surface area contributed by atoms with Crippen LogP contribution in [0.3, 0.4) is 0 Å². The van der Waals surface area contributed by atoms with Crippen molar-refractivity contribution in [3.8, 4) is 0 Å². The van der Waals surface area contributed by atoms with Gasteiger partial charge in [0.25, 0.3) is 0 Å². The lowest BCUT2D eigenvalue weighted by Gasteiger charge is -2.06. The van der Waals surface area contributed by atoms with E-state index in [1.165, 1.54) is 18.7 Å². The third kappa shape index (κ3) is 5.69. The number of hydrogen-bond donors (Lipinski definition) is 2. The molecule has 0 radical (unpaired) electrons. The van der Waals surface area contributed by atoms with Gasteiger partial charge in [-0.25, -0.2) is 0 Å². The highest BCUT2D eigenvalue weighted by molar-refractivity contribution is 14.1. The van der Waals surface area contributed by atoms with E-state index in [9.17, 15) is 9.59 Å². The van der Waals surface area contributed by atoms with E-state index in [1.54, 1.807) is 0 Å². The lowest BCUT2D eigenvalue weighted by atomic mass is 10.3. The van der Waals surface area contributed by atoms with Gasteiger partial charge in [0.05, 0.1) is 5.75 Å². The Morgan fingerprint density at radius 1 is 1.05 bits per heavy atom. The third-order valence-corrected chi connectivity index (χ3v) is 4.34. The molecule has 0 aromatic heterocycles. The molecule has 0 heterocycles. The van der Waals surface area contributed by atoms with Crippen molar-refractivity contribution in [1.82, 2.24) is 0 Å². The van der Waals surface area contributed by atoms with Crippen LogP contribution in [0.5, 0.6) is 0 Å². The highest BCUT2D eigenvalue weighted by Crippen LogP contribution is 2.21. The van der Waals surface area contributed by atoms with Gasteiger partial charge in [-0.3, -0.25) is 9.59 Å². The Morgan fingerprint density at radius 3 is 2.41 bits per heavy atom. The zero-order chi connectivity index (χ0) is 15.9. The number of carbonyl (C=O) groups is 2. The van der Waals surface area contributed by atoms with Crippen molar-refractivity contribution in [2.24, 2.45) is 0 Å². The molecule has 0 unspecified atom stereocenters. The zero-order valence-electron chi connectivity index (χ0n) is 11.9. The molecule has 2 amide bonds. The maximum absolute atomic E-state index is 11.9. The van der Waals surface area contributed by atoms with E-state index < -0.39 is 0 Å². The van der Waals surface area contributed by atoms with E-state index in [2.05, 4.69) is 33.2 Å². The number of carbonyl (C=O) groups excluding carboxylic acids is 2. The second-order valence-corrected chi connectivity index (χ2v) is 6.85. The fourth-order valence-corrected chi connectivity index (χ4v) is 2.99. The maximum Gasteiger partial charge on any atom is 0.234 e. The average molecular weight is 426 g/mol. The number of amides is 2. The molecule has 0 spiro atoms. The summed E-state index contributed by atoms with van der Waals surface area (Å²) in [6, 6.07) is 15.1. The summed E-state index contributed by atoms with van der Waals surface area (Å²) in [5.41, 5.74) is 1.55. The van der Waals surface area contributed by atoms with Crippen LogP contribution in [0, 0.1) is 3.57 Å². The summed E-state index contributed by atoms with van der Waals surface area (Å²) in [6.45, 7) is 1.47. The summed E-state index contributed by atoms with van der Waals surface area (Å²) < 4.78 is 1.08. The van der Waals surface area contributed by atoms with Gasteiger partial charge in [0.1, 0.15) is 0 Å². The molecule has 2 N–H and O–H groups in total. The Kier molecular flexibility index (Phi) is 6.26. The first-order chi connectivity index (χ1) is 10.5. The quantitative estimate of drug-likeness (QED) is 0.562. The van der Waals surface area contributed by atoms with E-state index in [-0.39, 0.29) is 11.8 Å². The van der Waals surface area contributed by atoms with Crippen molar-refractivity contribution in [3.05, 3.63) is 52.1 Å². The summed E-state index contributed by atoms with van der Waals surface area (Å²) in [7, 11) is 0. The third-order valence-electron chi connectivity index (χ3n) is 2.65. The summed E-state index contributed by atoms with van der Waals surface area (Å²) in [6.07, 6.45) is 0. The van der Waals surface area contributed by atoms with E-state index >= 15 is 0 Å². The van der Waals surface area contributed by atoms with Gasteiger partial charge in [0.15, 0.2) is 0 Å². The predicted octanol–water partition coefficient (Wildman–Crippen LogP) is 3.98. The number of rotatable bonds is 5. The second kappa shape index (κ2) is 8.19. The zero-order valence-corrected chi connectivity index (χ0v) is 14.9. The molecular formula is C16H15IN2O2S. The maximum atomic E-state index is 11.9. The topological polar surface area (TPSA) is 58.2 Å². The van der Waals surface area contributed by atoms with Gasteiger partial charge in [0, 0.05) is 26.8 Å². The molecule has 0 fully saturated rings. The number of anilines is 2. The molecule has 114 valence electrons. The van der Waals surface area contributed by atoms with Crippen molar-refractivity contribution in [3.63, 3.8) is 0 Å². The van der Waals surface area contributed by atoms with Crippen LogP contribution in [-0.4, -0.2) is 17.6 Å². The summed E-state index contributed by atoms with van der Waals surface area (Å²) in [5, 5.41) is 5.58. The molecule has 0 aliphatic rings. The first-order valence-corrected chi connectivity index (χ1v) is 8.65. The highest BCUT2D eigenvalue weighted by Gasteiger charge is 2.04. The highest BCUT2D eigenvalue weighted by atomic mass is 127. The van der Waals surface area contributed by atoms with Crippen molar-refractivity contribution < 1.29 is 9.59 Å². The van der Waals surface area contributed by atoms with E-state index in [0.29, 0.717) is 5.75 Å². The SMILES string of the molecule is CC(=O)Nc1ccc(SCC(=O)Nc2cccc(I)c2)cc1. The monoisotopic (exact) mass is 426 g/mol. The largest absolute Gasteiger partial charge is 0.326 e. The van der Waals surface area contributed by atoms with Crippen LogP contribution < -0.4 is 10.6 Å². The molecule has 2 aromatic rings. The standard InChI is InChI=1S/C16H15IN2O2S/c1-11(20)18-13-5-7-15(8-6-13)22-10-16(21)19-14-4-2-3-12(17)9-14/h2-9H,10H2,1H3,(H,18,20)(H,19,21). The van der Waals surface area contributed by atoms with Crippen molar-refractivity contribution in [2.45, 2.75) is 11.8 Å². The lowest BCUT2D eigenvalue weighted by Crippen LogP contribution is -2.13. The fraction of sp³-hybridized carbons (Fsp3) is 0.125. The fourth-order valence-electron chi connectivity index (χ4n) is 1.75. The second-order valence-electron chi connectivity index (χ2n) is 4.55. The molecule has 0 saturated carbocycles. The van der Waals surface area contributed by atoms with Crippen molar-refractivity contribution in [1.29, 1.82) is 0 Å². The molecule has 2 aromatic carbocycles. The van der Waals surface area contributed by atoms with E-state index in [1.807, 2.05) is 48.5 Å². The van der Waals surface area contributed by atoms with E-state index in [0.717, 1.165) is 19.8 Å². The Balaban J connectivity index is 1.84. The minimum absolute atomic E-state index is 0.0436. The Morgan fingerprint density at radius 2 is 1.77 bits per heavy atom. The van der Waals surface area contributed by atoms with Gasteiger partial charge in [-0.15, -0.1) is 11.8 Å². The van der Waals surface area contributed by atoms with Crippen LogP contribution in [0.15, 0.2) is 53.4 Å². The minimum atomic E-state index is -0.0997. The van der Waals surface area contributed by atoms with Gasteiger partial charge in [-0.05, 0) is 65.1 Å². The Bertz CT molecular complexity index is 674. The predicted molar refractivity (Wildman–Crippen MR) is 99.3 cm³/mol. The minimum Gasteiger partial charge on any atom is -0.326 e. The Hall–Kier alpha value is -1.54. The average Bonchev–Trinajstić information content (AvgIpc) is 2.46. The molecule has 2 rings (SSSR count). The summed E-state index contributed by atoms with van der Waals surface area (Å²) in [5.74, 6) is 0.195. The van der Waals surface area contributed by atoms with Crippen molar-refractivity contribution >= 4 is 57.5 Å². The molecule has 6 heteroatoms. The summed E-state index contributed by atoms with van der Waals surface area (Å²) in [4.78, 5) is 23.8. The molecule has 4 nitrogen and oxygen atoms in total. The smallest absolute Gasteiger partial charge is 0.234 e. The number of hydrogen-bond acceptors (Lipinski definition) is 3. The molecule has 0 atom stereocenters. The Labute approximate surface area is 147 Å². The molecule has 0 saturated heterocycles. The van der Waals surface area contributed by atoms with Crippen LogP contribution in [0.4, 0.5) is 11.4 Å². The molecule has 22 heavy (non-hydrogen) atoms. The number of halogens is 1. The lowest BCUT2D eigenvalue weighted by molar-refractivity contribution is -0.114. The van der Waals surface area contributed by atoms with Gasteiger partial charge in [-0.2, -0.15) is 0 Å². The van der Waals surface area contributed by atoms with Crippen LogP contribution >= 0.6 is 34.4 Å². The first-order valence-electron chi connectivity index (χ1n) is 6.59. The van der Waals surface area contributed by atoms with Gasteiger partial charge in [-0.1, -0.05) is 6.07 Å². The van der Waals surface area contributed by atoms with Gasteiger partial charge >= 0.3 is 0 Å². The van der Waals surface area contributed by atoms with Crippen LogP contribution in [-0.2, 0) is 9.59 Å². The molecule has 0 aliphatic carbocycles. The molecule has 0 bridgehead atoms. The molecule has 0 aliphatic heterocycles. The van der Waals surface area contributed by atoms with Crippen LogP contribution in [0.1, 0.15) is 6.92 Å².